The van der Waals surface area contributed by atoms with Gasteiger partial charge in [0.1, 0.15) is 11.9 Å². The Morgan fingerprint density at radius 3 is 2.17 bits per heavy atom. The van der Waals surface area contributed by atoms with E-state index in [9.17, 15) is 22.4 Å². The average Bonchev–Trinajstić information content (AvgIpc) is 2.78. The molecule has 1 N–H and O–H groups in total. The van der Waals surface area contributed by atoms with Gasteiger partial charge in [-0.2, -0.15) is 0 Å². The fourth-order valence-electron chi connectivity index (χ4n) is 3.99. The molecule has 0 aromatic heterocycles. The summed E-state index contributed by atoms with van der Waals surface area (Å²) in [6, 6.07) is 14.7. The maximum atomic E-state index is 14.3. The lowest BCUT2D eigenvalue weighted by Crippen LogP contribution is -2.54. The topological polar surface area (TPSA) is 86.8 Å². The number of rotatable bonds is 12. The van der Waals surface area contributed by atoms with Crippen molar-refractivity contribution in [2.24, 2.45) is 0 Å². The predicted molar refractivity (Wildman–Crippen MR) is 142 cm³/mol. The molecule has 0 bridgehead atoms. The molecule has 0 radical (unpaired) electrons. The number of hydrogen-bond donors (Lipinski definition) is 1. The SMILES string of the molecule is CCC(C(=O)NC(C)(C)C)N(CCc1ccccc1)C(=O)CCCN(c1ccccc1F)S(C)(=O)=O. The van der Waals surface area contributed by atoms with Gasteiger partial charge >= 0.3 is 0 Å². The van der Waals surface area contributed by atoms with Crippen LogP contribution in [0.15, 0.2) is 54.6 Å². The summed E-state index contributed by atoms with van der Waals surface area (Å²) < 4.78 is 40.0. The van der Waals surface area contributed by atoms with Crippen molar-refractivity contribution in [3.8, 4) is 0 Å². The van der Waals surface area contributed by atoms with Crippen molar-refractivity contribution in [2.75, 3.05) is 23.7 Å². The molecule has 2 amide bonds. The fraction of sp³-hybridized carbons (Fsp3) is 0.481. The van der Waals surface area contributed by atoms with Gasteiger partial charge in [-0.15, -0.1) is 0 Å². The van der Waals surface area contributed by atoms with Crippen LogP contribution < -0.4 is 9.62 Å². The fourth-order valence-corrected chi connectivity index (χ4v) is 4.95. The van der Waals surface area contributed by atoms with Gasteiger partial charge in [0.2, 0.25) is 21.8 Å². The van der Waals surface area contributed by atoms with Gasteiger partial charge in [-0.25, -0.2) is 12.8 Å². The van der Waals surface area contributed by atoms with Crippen LogP contribution in [0.4, 0.5) is 10.1 Å². The van der Waals surface area contributed by atoms with Crippen molar-refractivity contribution >= 4 is 27.5 Å². The first-order valence-electron chi connectivity index (χ1n) is 12.2. The number of nitrogens with one attached hydrogen (secondary N) is 1. The van der Waals surface area contributed by atoms with Crippen LogP contribution in [0.1, 0.15) is 52.5 Å². The van der Waals surface area contributed by atoms with Crippen LogP contribution in [0, 0.1) is 5.82 Å². The third kappa shape index (κ3) is 8.93. The first-order chi connectivity index (χ1) is 16.8. The van der Waals surface area contributed by atoms with Gasteiger partial charge in [0.25, 0.3) is 0 Å². The summed E-state index contributed by atoms with van der Waals surface area (Å²) in [5.74, 6) is -1.12. The first kappa shape index (κ1) is 29.3. The number of carbonyl (C=O) groups is 2. The van der Waals surface area contributed by atoms with Crippen molar-refractivity contribution in [2.45, 2.75) is 65.0 Å². The molecule has 0 heterocycles. The van der Waals surface area contributed by atoms with E-state index >= 15 is 0 Å². The second kappa shape index (κ2) is 12.9. The Morgan fingerprint density at radius 2 is 1.61 bits per heavy atom. The summed E-state index contributed by atoms with van der Waals surface area (Å²) in [7, 11) is -3.76. The summed E-state index contributed by atoms with van der Waals surface area (Å²) >= 11 is 0. The third-order valence-corrected chi connectivity index (χ3v) is 6.82. The molecule has 1 unspecified atom stereocenters. The van der Waals surface area contributed by atoms with Crippen molar-refractivity contribution < 1.29 is 22.4 Å². The zero-order chi connectivity index (χ0) is 26.9. The van der Waals surface area contributed by atoms with E-state index < -0.39 is 27.4 Å². The Bertz CT molecular complexity index is 1120. The molecule has 7 nitrogen and oxygen atoms in total. The molecule has 1 atom stereocenters. The van der Waals surface area contributed by atoms with E-state index in [0.717, 1.165) is 16.1 Å². The second-order valence-corrected chi connectivity index (χ2v) is 11.8. The number of benzene rings is 2. The quantitative estimate of drug-likeness (QED) is 0.457. The summed E-state index contributed by atoms with van der Waals surface area (Å²) in [6.07, 6.45) is 2.23. The Balaban J connectivity index is 2.19. The van der Waals surface area contributed by atoms with E-state index in [-0.39, 0.29) is 36.9 Å². The summed E-state index contributed by atoms with van der Waals surface area (Å²) in [5, 5.41) is 2.96. The number of halogens is 1. The van der Waals surface area contributed by atoms with Gasteiger partial charge in [-0.05, 0) is 57.7 Å². The number of carbonyl (C=O) groups excluding carboxylic acids is 2. The van der Waals surface area contributed by atoms with Gasteiger partial charge in [-0.3, -0.25) is 13.9 Å². The van der Waals surface area contributed by atoms with Gasteiger partial charge in [-0.1, -0.05) is 49.4 Å². The van der Waals surface area contributed by atoms with E-state index in [1.54, 1.807) is 11.0 Å². The van der Waals surface area contributed by atoms with E-state index in [1.165, 1.54) is 18.2 Å². The summed E-state index contributed by atoms with van der Waals surface area (Å²) in [6.45, 7) is 7.81. The number of para-hydroxylation sites is 1. The molecule has 0 aliphatic heterocycles. The number of nitrogens with zero attached hydrogens (tertiary/aromatic N) is 2. The molecule has 0 saturated carbocycles. The van der Waals surface area contributed by atoms with E-state index in [2.05, 4.69) is 5.32 Å². The molecule has 198 valence electrons. The largest absolute Gasteiger partial charge is 0.350 e. The van der Waals surface area contributed by atoms with Crippen molar-refractivity contribution in [3.63, 3.8) is 0 Å². The molecule has 0 spiro atoms. The van der Waals surface area contributed by atoms with Gasteiger partial charge in [0.15, 0.2) is 0 Å². The zero-order valence-electron chi connectivity index (χ0n) is 21.8. The maximum absolute atomic E-state index is 14.3. The average molecular weight is 520 g/mol. The molecule has 0 fully saturated rings. The van der Waals surface area contributed by atoms with Crippen LogP contribution in [0.2, 0.25) is 0 Å². The predicted octanol–water partition coefficient (Wildman–Crippen LogP) is 4.14. The number of sulfonamides is 1. The molecule has 0 saturated heterocycles. The summed E-state index contributed by atoms with van der Waals surface area (Å²) in [5.41, 5.74) is 0.544. The standard InChI is InChI=1S/C27H38FN3O4S/c1-6-23(26(33)29-27(2,3)4)30(20-18-21-13-8-7-9-14-21)25(32)17-12-19-31(36(5,34)35)24-16-11-10-15-22(24)28/h7-11,13-16,23H,6,12,17-20H2,1-5H3,(H,29,33). The zero-order valence-corrected chi connectivity index (χ0v) is 22.6. The van der Waals surface area contributed by atoms with E-state index in [0.29, 0.717) is 19.4 Å². The lowest BCUT2D eigenvalue weighted by atomic mass is 10.0. The first-order valence-corrected chi connectivity index (χ1v) is 14.1. The molecular formula is C27H38FN3O4S. The lowest BCUT2D eigenvalue weighted by molar-refractivity contribution is -0.141. The Hall–Kier alpha value is -2.94. The molecule has 2 aromatic carbocycles. The molecule has 0 aliphatic carbocycles. The Kier molecular flexibility index (Phi) is 10.5. The minimum absolute atomic E-state index is 0.0224. The molecule has 36 heavy (non-hydrogen) atoms. The Morgan fingerprint density at radius 1 is 1.00 bits per heavy atom. The van der Waals surface area contributed by atoms with Crippen LogP contribution in [0.3, 0.4) is 0 Å². The maximum Gasteiger partial charge on any atom is 0.243 e. The summed E-state index contributed by atoms with van der Waals surface area (Å²) in [4.78, 5) is 28.0. The lowest BCUT2D eigenvalue weighted by Gasteiger charge is -2.33. The highest BCUT2D eigenvalue weighted by molar-refractivity contribution is 7.92. The highest BCUT2D eigenvalue weighted by Crippen LogP contribution is 2.22. The van der Waals surface area contributed by atoms with E-state index in [4.69, 9.17) is 0 Å². The number of amides is 2. The van der Waals surface area contributed by atoms with Crippen molar-refractivity contribution in [1.29, 1.82) is 0 Å². The third-order valence-electron chi connectivity index (χ3n) is 5.64. The Labute approximate surface area is 214 Å². The van der Waals surface area contributed by atoms with Gasteiger partial charge in [0, 0.05) is 25.0 Å². The smallest absolute Gasteiger partial charge is 0.243 e. The van der Waals surface area contributed by atoms with Crippen molar-refractivity contribution in [3.05, 3.63) is 66.0 Å². The number of hydrogen-bond acceptors (Lipinski definition) is 4. The minimum Gasteiger partial charge on any atom is -0.350 e. The second-order valence-electron chi connectivity index (χ2n) is 9.88. The van der Waals surface area contributed by atoms with Crippen LogP contribution in [0.5, 0.6) is 0 Å². The molecule has 2 aromatic rings. The highest BCUT2D eigenvalue weighted by Gasteiger charge is 2.30. The normalized spacial score (nSPS) is 12.6. The van der Waals surface area contributed by atoms with Crippen LogP contribution in [-0.4, -0.2) is 56.1 Å². The molecular weight excluding hydrogens is 481 g/mol. The molecule has 9 heteroatoms. The van der Waals surface area contributed by atoms with Crippen LogP contribution in [-0.2, 0) is 26.0 Å². The van der Waals surface area contributed by atoms with Crippen molar-refractivity contribution in [1.82, 2.24) is 10.2 Å². The highest BCUT2D eigenvalue weighted by atomic mass is 32.2. The minimum atomic E-state index is -3.76. The molecule has 2 rings (SSSR count). The van der Waals surface area contributed by atoms with Gasteiger partial charge < -0.3 is 10.2 Å². The number of anilines is 1. The molecule has 0 aliphatic rings. The van der Waals surface area contributed by atoms with Gasteiger partial charge in [0.05, 0.1) is 11.9 Å². The monoisotopic (exact) mass is 519 g/mol. The van der Waals surface area contributed by atoms with Crippen LogP contribution in [0.25, 0.3) is 0 Å². The van der Waals surface area contributed by atoms with E-state index in [1.807, 2.05) is 58.0 Å². The van der Waals surface area contributed by atoms with Crippen LogP contribution >= 0.6 is 0 Å².